The van der Waals surface area contributed by atoms with Crippen LogP contribution in [-0.4, -0.2) is 15.9 Å². The molecule has 2 heterocycles. The fourth-order valence-electron chi connectivity index (χ4n) is 2.52. The van der Waals surface area contributed by atoms with Crippen LogP contribution in [0.5, 0.6) is 11.6 Å². The van der Waals surface area contributed by atoms with Gasteiger partial charge in [-0.25, -0.2) is 9.97 Å². The molecule has 27 heavy (non-hydrogen) atoms. The lowest BCUT2D eigenvalue weighted by atomic mass is 10.1. The number of carbonyl (C=O) groups is 1. The van der Waals surface area contributed by atoms with E-state index in [1.54, 1.807) is 48.8 Å². The van der Waals surface area contributed by atoms with E-state index in [9.17, 15) is 4.79 Å². The molecule has 0 saturated heterocycles. The molecule has 0 aliphatic rings. The highest BCUT2D eigenvalue weighted by Crippen LogP contribution is 2.24. The molecule has 0 fully saturated rings. The molecule has 6 nitrogen and oxygen atoms in total. The molecule has 0 atom stereocenters. The Morgan fingerprint density at radius 1 is 0.963 bits per heavy atom. The van der Waals surface area contributed by atoms with Gasteiger partial charge in [-0.05, 0) is 48.5 Å². The molecular formula is C21H15N3O3. The number of hydrogen-bond donors (Lipinski definition) is 1. The average Bonchev–Trinajstić information content (AvgIpc) is 3.25. The maximum absolute atomic E-state index is 12.7. The van der Waals surface area contributed by atoms with Crippen LogP contribution in [-0.2, 0) is 0 Å². The standard InChI is InChI=1S/C21H15N3O3/c25-20(24-16-10-8-15(9-11-16)19-13-22-14-26-19)18-7-4-12-23-21(18)27-17-5-2-1-3-6-17/h1-14H,(H,24,25). The van der Waals surface area contributed by atoms with Crippen LogP contribution in [0.2, 0.25) is 0 Å². The van der Waals surface area contributed by atoms with Crippen molar-refractivity contribution in [3.8, 4) is 23.0 Å². The van der Waals surface area contributed by atoms with Crippen LogP contribution < -0.4 is 10.1 Å². The molecule has 6 heteroatoms. The second-order valence-corrected chi connectivity index (χ2v) is 5.67. The number of anilines is 1. The number of nitrogens with zero attached hydrogens (tertiary/aromatic N) is 2. The minimum absolute atomic E-state index is 0.250. The molecule has 0 spiro atoms. The maximum atomic E-state index is 12.7. The number of amides is 1. The van der Waals surface area contributed by atoms with E-state index < -0.39 is 0 Å². The van der Waals surface area contributed by atoms with Gasteiger partial charge in [-0.3, -0.25) is 4.79 Å². The lowest BCUT2D eigenvalue weighted by Crippen LogP contribution is -2.13. The molecule has 1 amide bonds. The smallest absolute Gasteiger partial charge is 0.261 e. The molecule has 2 aromatic heterocycles. The summed E-state index contributed by atoms with van der Waals surface area (Å²) in [5.41, 5.74) is 1.87. The summed E-state index contributed by atoms with van der Waals surface area (Å²) in [6.45, 7) is 0. The molecule has 0 radical (unpaired) electrons. The average molecular weight is 357 g/mol. The number of oxazole rings is 1. The number of aromatic nitrogens is 2. The van der Waals surface area contributed by atoms with Crippen LogP contribution in [0.4, 0.5) is 5.69 Å². The Labute approximate surface area is 155 Å². The molecule has 0 aliphatic heterocycles. The van der Waals surface area contributed by atoms with Gasteiger partial charge in [0, 0.05) is 17.4 Å². The van der Waals surface area contributed by atoms with Gasteiger partial charge in [0.05, 0.1) is 6.20 Å². The highest BCUT2D eigenvalue weighted by atomic mass is 16.5. The molecule has 0 saturated carbocycles. The van der Waals surface area contributed by atoms with Crippen molar-refractivity contribution in [2.24, 2.45) is 0 Å². The van der Waals surface area contributed by atoms with E-state index in [-0.39, 0.29) is 11.8 Å². The van der Waals surface area contributed by atoms with Crippen molar-refractivity contribution in [1.29, 1.82) is 0 Å². The molecule has 2 aromatic carbocycles. The lowest BCUT2D eigenvalue weighted by Gasteiger charge is -2.10. The van der Waals surface area contributed by atoms with Gasteiger partial charge < -0.3 is 14.5 Å². The second-order valence-electron chi connectivity index (χ2n) is 5.67. The third kappa shape index (κ3) is 3.85. The Morgan fingerprint density at radius 3 is 2.52 bits per heavy atom. The van der Waals surface area contributed by atoms with Crippen LogP contribution in [0.25, 0.3) is 11.3 Å². The maximum Gasteiger partial charge on any atom is 0.261 e. The molecule has 0 bridgehead atoms. The summed E-state index contributed by atoms with van der Waals surface area (Å²) in [6.07, 6.45) is 4.60. The zero-order chi connectivity index (χ0) is 18.5. The molecule has 132 valence electrons. The molecular weight excluding hydrogens is 342 g/mol. The summed E-state index contributed by atoms with van der Waals surface area (Å²) in [5, 5.41) is 2.85. The summed E-state index contributed by atoms with van der Waals surface area (Å²) >= 11 is 0. The van der Waals surface area contributed by atoms with Crippen molar-refractivity contribution < 1.29 is 13.9 Å². The van der Waals surface area contributed by atoms with E-state index in [1.807, 2.05) is 30.3 Å². The zero-order valence-electron chi connectivity index (χ0n) is 14.2. The van der Waals surface area contributed by atoms with Crippen molar-refractivity contribution in [3.05, 3.63) is 91.1 Å². The number of ether oxygens (including phenoxy) is 1. The molecule has 4 aromatic rings. The summed E-state index contributed by atoms with van der Waals surface area (Å²) in [4.78, 5) is 20.8. The Balaban J connectivity index is 1.52. The quantitative estimate of drug-likeness (QED) is 0.556. The van der Waals surface area contributed by atoms with Crippen molar-refractivity contribution in [3.63, 3.8) is 0 Å². The van der Waals surface area contributed by atoms with Gasteiger partial charge in [0.1, 0.15) is 11.3 Å². The minimum atomic E-state index is -0.304. The molecule has 1 N–H and O–H groups in total. The van der Waals surface area contributed by atoms with Crippen molar-refractivity contribution in [2.45, 2.75) is 0 Å². The van der Waals surface area contributed by atoms with E-state index >= 15 is 0 Å². The van der Waals surface area contributed by atoms with Crippen molar-refractivity contribution in [1.82, 2.24) is 9.97 Å². The van der Waals surface area contributed by atoms with E-state index in [0.29, 0.717) is 22.8 Å². The first kappa shape index (κ1) is 16.5. The monoisotopic (exact) mass is 357 g/mol. The number of para-hydroxylation sites is 1. The molecule has 0 aliphatic carbocycles. The van der Waals surface area contributed by atoms with Gasteiger partial charge in [0.25, 0.3) is 5.91 Å². The van der Waals surface area contributed by atoms with E-state index in [4.69, 9.17) is 9.15 Å². The van der Waals surface area contributed by atoms with E-state index in [2.05, 4.69) is 15.3 Å². The summed E-state index contributed by atoms with van der Waals surface area (Å²) in [6, 6.07) is 19.9. The van der Waals surface area contributed by atoms with Gasteiger partial charge >= 0.3 is 0 Å². The zero-order valence-corrected chi connectivity index (χ0v) is 14.2. The molecule has 4 rings (SSSR count). The minimum Gasteiger partial charge on any atom is -0.444 e. The lowest BCUT2D eigenvalue weighted by molar-refractivity contribution is 0.102. The van der Waals surface area contributed by atoms with Crippen molar-refractivity contribution >= 4 is 11.6 Å². The Morgan fingerprint density at radius 2 is 1.78 bits per heavy atom. The van der Waals surface area contributed by atoms with Crippen LogP contribution in [0, 0.1) is 0 Å². The van der Waals surface area contributed by atoms with Crippen molar-refractivity contribution in [2.75, 3.05) is 5.32 Å². The van der Waals surface area contributed by atoms with Crippen LogP contribution in [0.3, 0.4) is 0 Å². The van der Waals surface area contributed by atoms with Gasteiger partial charge in [0.15, 0.2) is 12.2 Å². The summed E-state index contributed by atoms with van der Waals surface area (Å²) < 4.78 is 11.0. The Hall–Kier alpha value is -3.93. The summed E-state index contributed by atoms with van der Waals surface area (Å²) in [7, 11) is 0. The van der Waals surface area contributed by atoms with Gasteiger partial charge in [-0.2, -0.15) is 0 Å². The SMILES string of the molecule is O=C(Nc1ccc(-c2cnco2)cc1)c1cccnc1Oc1ccccc1. The van der Waals surface area contributed by atoms with E-state index in [0.717, 1.165) is 5.56 Å². The van der Waals surface area contributed by atoms with Gasteiger partial charge in [-0.15, -0.1) is 0 Å². The number of nitrogens with one attached hydrogen (secondary N) is 1. The first-order valence-corrected chi connectivity index (χ1v) is 8.28. The van der Waals surface area contributed by atoms with Crippen LogP contribution >= 0.6 is 0 Å². The number of pyridine rings is 1. The third-order valence-electron chi connectivity index (χ3n) is 3.83. The first-order valence-electron chi connectivity index (χ1n) is 8.28. The van der Waals surface area contributed by atoms with Crippen LogP contribution in [0.15, 0.2) is 89.9 Å². The fraction of sp³-hybridized carbons (Fsp3) is 0. The normalized spacial score (nSPS) is 10.4. The first-order chi connectivity index (χ1) is 13.3. The van der Waals surface area contributed by atoms with E-state index in [1.165, 1.54) is 6.39 Å². The topological polar surface area (TPSA) is 77.3 Å². The number of hydrogen-bond acceptors (Lipinski definition) is 5. The van der Waals surface area contributed by atoms with Gasteiger partial charge in [0.2, 0.25) is 5.88 Å². The predicted octanol–water partition coefficient (Wildman–Crippen LogP) is 4.78. The Kier molecular flexibility index (Phi) is 4.61. The number of rotatable bonds is 5. The molecule has 0 unspecified atom stereocenters. The third-order valence-corrected chi connectivity index (χ3v) is 3.83. The second kappa shape index (κ2) is 7.53. The number of carbonyl (C=O) groups excluding carboxylic acids is 1. The van der Waals surface area contributed by atoms with Gasteiger partial charge in [-0.1, -0.05) is 18.2 Å². The predicted molar refractivity (Wildman–Crippen MR) is 101 cm³/mol. The summed E-state index contributed by atoms with van der Waals surface area (Å²) in [5.74, 6) is 1.22. The Bertz CT molecular complexity index is 1030. The highest BCUT2D eigenvalue weighted by Gasteiger charge is 2.14. The fourth-order valence-corrected chi connectivity index (χ4v) is 2.52. The highest BCUT2D eigenvalue weighted by molar-refractivity contribution is 6.05. The number of benzene rings is 2. The largest absolute Gasteiger partial charge is 0.444 e. The van der Waals surface area contributed by atoms with Crippen LogP contribution in [0.1, 0.15) is 10.4 Å².